The maximum absolute atomic E-state index is 11.9. The third kappa shape index (κ3) is 2.94. The Hall–Kier alpha value is -2.82. The maximum atomic E-state index is 11.9. The van der Waals surface area contributed by atoms with Crippen LogP contribution in [0.4, 0.5) is 11.4 Å². The lowest BCUT2D eigenvalue weighted by Gasteiger charge is -2.22. The number of aliphatic imine (C=N–C) groups is 1. The molecule has 2 aliphatic carbocycles. The van der Waals surface area contributed by atoms with E-state index in [1.54, 1.807) is 0 Å². The van der Waals surface area contributed by atoms with Crippen LogP contribution in [-0.2, 0) is 22.6 Å². The fraction of sp³-hybridized carbons (Fsp3) is 0.333. The highest BCUT2D eigenvalue weighted by Gasteiger charge is 2.30. The van der Waals surface area contributed by atoms with Crippen LogP contribution in [0.25, 0.3) is 0 Å². The van der Waals surface area contributed by atoms with Crippen LogP contribution in [0, 0.1) is 5.92 Å². The predicted octanol–water partition coefficient (Wildman–Crippen LogP) is 4.02. The molecule has 0 radical (unpaired) electrons. The van der Waals surface area contributed by atoms with Gasteiger partial charge in [0.15, 0.2) is 0 Å². The molecule has 26 heavy (non-hydrogen) atoms. The van der Waals surface area contributed by atoms with Crippen LogP contribution in [-0.4, -0.2) is 11.9 Å². The lowest BCUT2D eigenvalue weighted by atomic mass is 10.1. The van der Waals surface area contributed by atoms with Gasteiger partial charge in [0.25, 0.3) is 6.02 Å². The van der Waals surface area contributed by atoms with Crippen LogP contribution in [0.2, 0.25) is 0 Å². The molecule has 1 amide bonds. The van der Waals surface area contributed by atoms with E-state index in [-0.39, 0.29) is 17.9 Å². The maximum Gasteiger partial charge on any atom is 0.290 e. The van der Waals surface area contributed by atoms with E-state index in [1.807, 2.05) is 18.2 Å². The van der Waals surface area contributed by atoms with E-state index in [9.17, 15) is 4.79 Å². The van der Waals surface area contributed by atoms with Crippen LogP contribution in [0.5, 0.6) is 0 Å². The summed E-state index contributed by atoms with van der Waals surface area (Å²) in [6.45, 7) is 0.461. The lowest BCUT2D eigenvalue weighted by Crippen LogP contribution is -2.23. The van der Waals surface area contributed by atoms with Crippen molar-refractivity contribution in [2.24, 2.45) is 10.9 Å². The van der Waals surface area contributed by atoms with Crippen LogP contribution < -0.4 is 10.6 Å². The largest absolute Gasteiger partial charge is 0.460 e. The number of nitrogens with zero attached hydrogens (tertiary/aromatic N) is 1. The number of amidine groups is 1. The summed E-state index contributed by atoms with van der Waals surface area (Å²) in [5, 5.41) is 6.27. The number of rotatable bonds is 3. The summed E-state index contributed by atoms with van der Waals surface area (Å²) in [4.78, 5) is 16.7. The molecule has 5 heteroatoms. The number of anilines is 2. The third-order valence-corrected chi connectivity index (χ3v) is 5.30. The van der Waals surface area contributed by atoms with Gasteiger partial charge in [0.05, 0.1) is 6.04 Å². The number of amides is 1. The Bertz CT molecular complexity index is 902. The van der Waals surface area contributed by atoms with Gasteiger partial charge in [0.2, 0.25) is 5.91 Å². The number of benzene rings is 2. The van der Waals surface area contributed by atoms with Gasteiger partial charge < -0.3 is 15.4 Å². The van der Waals surface area contributed by atoms with Crippen LogP contribution >= 0.6 is 0 Å². The average molecular weight is 347 g/mol. The highest BCUT2D eigenvalue weighted by atomic mass is 16.5. The molecular formula is C21H21N3O2. The smallest absolute Gasteiger partial charge is 0.290 e. The van der Waals surface area contributed by atoms with Crippen molar-refractivity contribution in [1.29, 1.82) is 0 Å². The van der Waals surface area contributed by atoms with Gasteiger partial charge in [-0.15, -0.1) is 0 Å². The molecule has 0 aromatic heterocycles. The summed E-state index contributed by atoms with van der Waals surface area (Å²) in [5.41, 5.74) is 5.54. The molecule has 0 saturated heterocycles. The second-order valence-corrected chi connectivity index (χ2v) is 7.24. The van der Waals surface area contributed by atoms with Gasteiger partial charge in [-0.2, -0.15) is 0 Å². The van der Waals surface area contributed by atoms with Crippen molar-refractivity contribution < 1.29 is 9.53 Å². The standard InChI is InChI=1S/C21H21N3O2/c25-20(14-5-6-14)22-16-8-10-18-15(11-16)12-26-21(23-18)24-19-9-7-13-3-1-2-4-17(13)19/h1-4,8,10-11,14,19H,5-7,9,12H2,(H,22,25)(H,23,24). The zero-order valence-electron chi connectivity index (χ0n) is 14.5. The molecule has 5 nitrogen and oxygen atoms in total. The molecule has 3 aliphatic rings. The summed E-state index contributed by atoms with van der Waals surface area (Å²) in [6.07, 6.45) is 4.10. The highest BCUT2D eigenvalue weighted by molar-refractivity contribution is 5.96. The van der Waals surface area contributed by atoms with Crippen molar-refractivity contribution >= 4 is 23.3 Å². The lowest BCUT2D eigenvalue weighted by molar-refractivity contribution is -0.117. The van der Waals surface area contributed by atoms with E-state index in [2.05, 4.69) is 34.9 Å². The molecule has 1 saturated carbocycles. The topological polar surface area (TPSA) is 62.7 Å². The van der Waals surface area contributed by atoms with E-state index in [0.29, 0.717) is 12.6 Å². The molecule has 2 aromatic rings. The summed E-state index contributed by atoms with van der Waals surface area (Å²) < 4.78 is 5.83. The number of carbonyl (C=O) groups excluding carboxylic acids is 1. The van der Waals surface area contributed by atoms with Crippen molar-refractivity contribution in [3.8, 4) is 0 Å². The summed E-state index contributed by atoms with van der Waals surface area (Å²) in [5.74, 6) is 0.324. The normalized spacial score (nSPS) is 22.2. The molecule has 2 N–H and O–H groups in total. The molecular weight excluding hydrogens is 326 g/mol. The van der Waals surface area contributed by atoms with E-state index in [1.165, 1.54) is 11.1 Å². The number of ether oxygens (including phenoxy) is 1. The van der Waals surface area contributed by atoms with Gasteiger partial charge in [-0.05, 0) is 55.0 Å². The van der Waals surface area contributed by atoms with Crippen molar-refractivity contribution in [2.45, 2.75) is 38.3 Å². The van der Waals surface area contributed by atoms with Crippen LogP contribution in [0.15, 0.2) is 47.5 Å². The summed E-state index contributed by atoms with van der Waals surface area (Å²) >= 11 is 0. The van der Waals surface area contributed by atoms with Crippen LogP contribution in [0.3, 0.4) is 0 Å². The molecule has 5 rings (SSSR count). The number of carbonyl (C=O) groups is 1. The molecule has 1 unspecified atom stereocenters. The van der Waals surface area contributed by atoms with Gasteiger partial charge >= 0.3 is 0 Å². The number of aryl methyl sites for hydroxylation is 1. The Balaban J connectivity index is 1.32. The van der Waals surface area contributed by atoms with Gasteiger partial charge in [-0.1, -0.05) is 24.3 Å². The molecule has 1 heterocycles. The minimum atomic E-state index is 0.122. The van der Waals surface area contributed by atoms with Gasteiger partial charge in [0.1, 0.15) is 6.61 Å². The fourth-order valence-electron chi connectivity index (χ4n) is 3.68. The Kier molecular flexibility index (Phi) is 3.66. The second kappa shape index (κ2) is 6.16. The van der Waals surface area contributed by atoms with E-state index in [4.69, 9.17) is 9.73 Å². The Morgan fingerprint density at radius 2 is 2.00 bits per heavy atom. The Morgan fingerprint density at radius 1 is 1.12 bits per heavy atom. The highest BCUT2D eigenvalue weighted by Crippen LogP contribution is 2.35. The van der Waals surface area contributed by atoms with Gasteiger partial charge in [-0.25, -0.2) is 4.99 Å². The van der Waals surface area contributed by atoms with Gasteiger partial charge in [-0.3, -0.25) is 4.79 Å². The first-order chi connectivity index (χ1) is 12.8. The number of fused-ring (bicyclic) bond motifs is 2. The van der Waals surface area contributed by atoms with E-state index in [0.717, 1.165) is 42.6 Å². The summed E-state index contributed by atoms with van der Waals surface area (Å²) in [6, 6.07) is 15.1. The monoisotopic (exact) mass is 347 g/mol. The quantitative estimate of drug-likeness (QED) is 0.881. The predicted molar refractivity (Wildman–Crippen MR) is 101 cm³/mol. The molecule has 1 fully saturated rings. The van der Waals surface area contributed by atoms with Gasteiger partial charge in [0, 0.05) is 22.9 Å². The number of hydrogen-bond donors (Lipinski definition) is 2. The fourth-order valence-corrected chi connectivity index (χ4v) is 3.68. The molecule has 0 spiro atoms. The zero-order chi connectivity index (χ0) is 17.5. The number of hydrogen-bond acceptors (Lipinski definition) is 3. The third-order valence-electron chi connectivity index (χ3n) is 5.30. The van der Waals surface area contributed by atoms with Crippen LogP contribution in [0.1, 0.15) is 42.0 Å². The number of nitrogens with one attached hydrogen (secondary N) is 2. The molecule has 132 valence electrons. The summed E-state index contributed by atoms with van der Waals surface area (Å²) in [7, 11) is 0. The molecule has 1 aliphatic heterocycles. The van der Waals surface area contributed by atoms with E-state index < -0.39 is 0 Å². The Morgan fingerprint density at radius 3 is 2.88 bits per heavy atom. The molecule has 2 aromatic carbocycles. The minimum Gasteiger partial charge on any atom is -0.460 e. The second-order valence-electron chi connectivity index (χ2n) is 7.24. The first-order valence-electron chi connectivity index (χ1n) is 9.25. The molecule has 0 bridgehead atoms. The molecule has 1 atom stereocenters. The SMILES string of the molecule is O=C(Nc1ccc2c(c1)COC(=NC1CCc3ccccc31)N2)C1CC1. The van der Waals surface area contributed by atoms with Crippen molar-refractivity contribution in [2.75, 3.05) is 10.6 Å². The zero-order valence-corrected chi connectivity index (χ0v) is 14.5. The Labute approximate surface area is 152 Å². The van der Waals surface area contributed by atoms with Crippen molar-refractivity contribution in [3.05, 3.63) is 59.2 Å². The van der Waals surface area contributed by atoms with Crippen molar-refractivity contribution in [3.63, 3.8) is 0 Å². The van der Waals surface area contributed by atoms with Crippen molar-refractivity contribution in [1.82, 2.24) is 0 Å². The average Bonchev–Trinajstić information content (AvgIpc) is 3.44. The van der Waals surface area contributed by atoms with E-state index >= 15 is 0 Å². The minimum absolute atomic E-state index is 0.122. The first-order valence-corrected chi connectivity index (χ1v) is 9.25. The first kappa shape index (κ1) is 15.4.